The third-order valence-corrected chi connectivity index (χ3v) is 6.72. The van der Waals surface area contributed by atoms with Crippen LogP contribution in [0.25, 0.3) is 10.2 Å². The predicted octanol–water partition coefficient (Wildman–Crippen LogP) is 3.50. The van der Waals surface area contributed by atoms with Gasteiger partial charge in [0.15, 0.2) is 23.5 Å². The first-order valence-corrected chi connectivity index (χ1v) is 10.4. The number of rotatable bonds is 4. The zero-order valence-electron chi connectivity index (χ0n) is 15.8. The molecule has 152 valence electrons. The Kier molecular flexibility index (Phi) is 5.56. The molecule has 1 aliphatic heterocycles. The molecule has 3 aromatic rings. The van der Waals surface area contributed by atoms with E-state index in [2.05, 4.69) is 11.4 Å². The van der Waals surface area contributed by atoms with E-state index >= 15 is 0 Å². The molecule has 8 heteroatoms. The van der Waals surface area contributed by atoms with Crippen molar-refractivity contribution in [1.82, 2.24) is 4.98 Å². The SMILES string of the molecule is C[C@H](C(=O)Nc1ccc(F)c(F)c1F)[NH+]1CCC[C@H](c2nc3ccccc3s2)C1. The summed E-state index contributed by atoms with van der Waals surface area (Å²) in [7, 11) is 0. The Bertz CT molecular complexity index is 1020. The number of hydrogen-bond acceptors (Lipinski definition) is 3. The molecule has 1 unspecified atom stereocenters. The monoisotopic (exact) mass is 420 g/mol. The highest BCUT2D eigenvalue weighted by molar-refractivity contribution is 7.18. The number of likely N-dealkylation sites (tertiary alicyclic amines) is 1. The molecule has 1 fully saturated rings. The van der Waals surface area contributed by atoms with Gasteiger partial charge in [0, 0.05) is 0 Å². The number of nitrogens with one attached hydrogen (secondary N) is 2. The molecular formula is C21H21F3N3OS+. The summed E-state index contributed by atoms with van der Waals surface area (Å²) < 4.78 is 41.5. The molecule has 4 rings (SSSR count). The molecule has 0 saturated carbocycles. The number of piperidine rings is 1. The van der Waals surface area contributed by atoms with Crippen LogP contribution in [-0.2, 0) is 4.79 Å². The van der Waals surface area contributed by atoms with E-state index in [1.807, 2.05) is 18.2 Å². The summed E-state index contributed by atoms with van der Waals surface area (Å²) in [5.74, 6) is -4.42. The number of anilines is 1. The van der Waals surface area contributed by atoms with Crippen molar-refractivity contribution in [3.05, 3.63) is 58.9 Å². The van der Waals surface area contributed by atoms with Crippen molar-refractivity contribution < 1.29 is 22.9 Å². The van der Waals surface area contributed by atoms with Gasteiger partial charge in [-0.2, -0.15) is 0 Å². The standard InChI is InChI=1S/C21H20F3N3OS/c1-12(20(28)25-16-9-8-14(22)18(23)19(16)24)27-10-4-5-13(11-27)21-26-15-6-2-3-7-17(15)29-21/h2-3,6-9,12-13H,4-5,10-11H2,1H3,(H,25,28)/p+1/t12-,13+/m1/s1. The number of fused-ring (bicyclic) bond motifs is 1. The Labute approximate surface area is 170 Å². The van der Waals surface area contributed by atoms with Gasteiger partial charge in [-0.25, -0.2) is 18.2 Å². The number of amides is 1. The second-order valence-corrected chi connectivity index (χ2v) is 8.47. The molecule has 1 aromatic heterocycles. The maximum Gasteiger partial charge on any atom is 0.282 e. The third kappa shape index (κ3) is 4.00. The van der Waals surface area contributed by atoms with Crippen molar-refractivity contribution >= 4 is 33.1 Å². The Balaban J connectivity index is 1.46. The Hall–Kier alpha value is -2.45. The second kappa shape index (κ2) is 8.12. The van der Waals surface area contributed by atoms with Crippen LogP contribution >= 0.6 is 11.3 Å². The van der Waals surface area contributed by atoms with E-state index in [-0.39, 0.29) is 11.6 Å². The number of carbonyl (C=O) groups excluding carboxylic acids is 1. The maximum atomic E-state index is 13.9. The van der Waals surface area contributed by atoms with Gasteiger partial charge >= 0.3 is 0 Å². The predicted molar refractivity (Wildman–Crippen MR) is 107 cm³/mol. The number of carbonyl (C=O) groups is 1. The topological polar surface area (TPSA) is 46.4 Å². The fourth-order valence-electron chi connectivity index (χ4n) is 3.81. The van der Waals surface area contributed by atoms with Crippen LogP contribution in [-0.4, -0.2) is 30.0 Å². The number of aromatic nitrogens is 1. The molecule has 2 heterocycles. The van der Waals surface area contributed by atoms with Crippen molar-refractivity contribution in [3.63, 3.8) is 0 Å². The summed E-state index contributed by atoms with van der Waals surface area (Å²) in [6.45, 7) is 3.33. The minimum absolute atomic E-state index is 0.256. The van der Waals surface area contributed by atoms with Gasteiger partial charge in [-0.05, 0) is 44.0 Å². The fourth-order valence-corrected chi connectivity index (χ4v) is 4.92. The number of thiazole rings is 1. The third-order valence-electron chi connectivity index (χ3n) is 5.52. The normalized spacial score (nSPS) is 20.6. The van der Waals surface area contributed by atoms with Crippen LogP contribution in [0.2, 0.25) is 0 Å². The van der Waals surface area contributed by atoms with Crippen LogP contribution < -0.4 is 10.2 Å². The molecule has 0 bridgehead atoms. The van der Waals surface area contributed by atoms with Gasteiger partial charge in [0.05, 0.1) is 34.9 Å². The van der Waals surface area contributed by atoms with E-state index in [4.69, 9.17) is 4.98 Å². The van der Waals surface area contributed by atoms with Crippen LogP contribution in [0, 0.1) is 17.5 Å². The van der Waals surface area contributed by atoms with Crippen LogP contribution in [0.4, 0.5) is 18.9 Å². The number of benzene rings is 2. The van der Waals surface area contributed by atoms with Gasteiger partial charge in [-0.15, -0.1) is 11.3 Å². The second-order valence-electron chi connectivity index (χ2n) is 7.41. The first-order chi connectivity index (χ1) is 13.9. The number of halogens is 3. The smallest absolute Gasteiger partial charge is 0.282 e. The Morgan fingerprint density at radius 3 is 2.79 bits per heavy atom. The van der Waals surface area contributed by atoms with Crippen LogP contribution in [0.15, 0.2) is 36.4 Å². The lowest BCUT2D eigenvalue weighted by Crippen LogP contribution is -3.17. The highest BCUT2D eigenvalue weighted by atomic mass is 32.1. The minimum Gasteiger partial charge on any atom is -0.324 e. The average molecular weight is 420 g/mol. The number of para-hydroxylation sites is 1. The Morgan fingerprint density at radius 1 is 1.21 bits per heavy atom. The summed E-state index contributed by atoms with van der Waals surface area (Å²) in [6.07, 6.45) is 1.96. The molecule has 0 radical (unpaired) electrons. The van der Waals surface area contributed by atoms with E-state index < -0.39 is 29.4 Å². The number of quaternary nitrogens is 1. The number of hydrogen-bond donors (Lipinski definition) is 2. The minimum atomic E-state index is -1.59. The zero-order chi connectivity index (χ0) is 20.5. The maximum absolute atomic E-state index is 13.9. The summed E-state index contributed by atoms with van der Waals surface area (Å²) in [6, 6.07) is 9.38. The molecule has 0 aliphatic carbocycles. The first-order valence-electron chi connectivity index (χ1n) is 9.58. The van der Waals surface area contributed by atoms with Gasteiger partial charge in [0.25, 0.3) is 5.91 Å². The van der Waals surface area contributed by atoms with Crippen LogP contribution in [0.1, 0.15) is 30.7 Å². The van der Waals surface area contributed by atoms with Gasteiger partial charge < -0.3 is 10.2 Å². The molecular weight excluding hydrogens is 399 g/mol. The molecule has 3 atom stereocenters. The molecule has 2 aromatic carbocycles. The van der Waals surface area contributed by atoms with E-state index in [1.54, 1.807) is 18.3 Å². The zero-order valence-corrected chi connectivity index (χ0v) is 16.7. The highest BCUT2D eigenvalue weighted by Crippen LogP contribution is 2.30. The fraction of sp³-hybridized carbons (Fsp3) is 0.333. The van der Waals surface area contributed by atoms with Crippen molar-refractivity contribution in [3.8, 4) is 0 Å². The van der Waals surface area contributed by atoms with Crippen LogP contribution in [0.5, 0.6) is 0 Å². The van der Waals surface area contributed by atoms with E-state index in [0.717, 1.165) is 58.2 Å². The molecule has 29 heavy (non-hydrogen) atoms. The van der Waals surface area contributed by atoms with Crippen molar-refractivity contribution in [2.24, 2.45) is 0 Å². The average Bonchev–Trinajstić information content (AvgIpc) is 3.18. The molecule has 1 aliphatic rings. The summed E-state index contributed by atoms with van der Waals surface area (Å²) >= 11 is 1.68. The van der Waals surface area contributed by atoms with Gasteiger partial charge in [-0.1, -0.05) is 12.1 Å². The largest absolute Gasteiger partial charge is 0.324 e. The van der Waals surface area contributed by atoms with Crippen molar-refractivity contribution in [1.29, 1.82) is 0 Å². The molecule has 1 saturated heterocycles. The number of nitrogens with zero attached hydrogens (tertiary/aromatic N) is 1. The van der Waals surface area contributed by atoms with Crippen LogP contribution in [0.3, 0.4) is 0 Å². The van der Waals surface area contributed by atoms with Crippen molar-refractivity contribution in [2.45, 2.75) is 31.7 Å². The van der Waals surface area contributed by atoms with E-state index in [0.29, 0.717) is 0 Å². The lowest BCUT2D eigenvalue weighted by molar-refractivity contribution is -0.920. The van der Waals surface area contributed by atoms with E-state index in [9.17, 15) is 18.0 Å². The van der Waals surface area contributed by atoms with Gasteiger partial charge in [0.2, 0.25) is 0 Å². The van der Waals surface area contributed by atoms with E-state index in [1.165, 1.54) is 0 Å². The summed E-state index contributed by atoms with van der Waals surface area (Å²) in [4.78, 5) is 18.4. The molecule has 2 N–H and O–H groups in total. The van der Waals surface area contributed by atoms with Gasteiger partial charge in [-0.3, -0.25) is 4.79 Å². The molecule has 1 amide bonds. The quantitative estimate of drug-likeness (QED) is 0.635. The molecule has 4 nitrogen and oxygen atoms in total. The molecule has 0 spiro atoms. The Morgan fingerprint density at radius 2 is 2.00 bits per heavy atom. The lowest BCUT2D eigenvalue weighted by Gasteiger charge is -2.32. The van der Waals surface area contributed by atoms with Gasteiger partial charge in [0.1, 0.15) is 5.01 Å². The van der Waals surface area contributed by atoms with Crippen molar-refractivity contribution in [2.75, 3.05) is 18.4 Å². The summed E-state index contributed by atoms with van der Waals surface area (Å²) in [5.41, 5.74) is 0.638. The lowest BCUT2D eigenvalue weighted by atomic mass is 9.97. The summed E-state index contributed by atoms with van der Waals surface area (Å²) in [5, 5.41) is 3.47. The first kappa shape index (κ1) is 19.8. The highest BCUT2D eigenvalue weighted by Gasteiger charge is 2.33.